The van der Waals surface area contributed by atoms with Crippen molar-refractivity contribution in [1.29, 1.82) is 0 Å². The number of hydrogen-bond donors (Lipinski definition) is 3. The predicted molar refractivity (Wildman–Crippen MR) is 262 cm³/mol. The Morgan fingerprint density at radius 2 is 0.763 bits per heavy atom. The molecule has 0 saturated carbocycles. The first-order chi connectivity index (χ1) is 29.2. The zero-order chi connectivity index (χ0) is 42.8. The van der Waals surface area contributed by atoms with E-state index in [1.807, 2.05) is 6.08 Å². The van der Waals surface area contributed by atoms with Crippen molar-refractivity contribution >= 4 is 5.91 Å². The van der Waals surface area contributed by atoms with E-state index in [0.29, 0.717) is 6.42 Å². The third-order valence-electron chi connectivity index (χ3n) is 11.4. The molecule has 0 radical (unpaired) electrons. The molecular formula is C55H99NO3. The lowest BCUT2D eigenvalue weighted by Gasteiger charge is -2.19. The predicted octanol–water partition coefficient (Wildman–Crippen LogP) is 16.6. The summed E-state index contributed by atoms with van der Waals surface area (Å²) in [5, 5.41) is 23.0. The smallest absolute Gasteiger partial charge is 0.220 e. The number of amides is 1. The summed E-state index contributed by atoms with van der Waals surface area (Å²) in [4.78, 5) is 12.4. The molecular weight excluding hydrogens is 723 g/mol. The molecule has 342 valence electrons. The summed E-state index contributed by atoms with van der Waals surface area (Å²) in [6, 6.07) is -0.639. The summed E-state index contributed by atoms with van der Waals surface area (Å²) >= 11 is 0. The van der Waals surface area contributed by atoms with Gasteiger partial charge < -0.3 is 15.5 Å². The second-order valence-corrected chi connectivity index (χ2v) is 17.2. The van der Waals surface area contributed by atoms with Crippen molar-refractivity contribution in [3.8, 4) is 0 Å². The topological polar surface area (TPSA) is 69.6 Å². The average molecular weight is 822 g/mol. The molecule has 0 heterocycles. The maximum absolute atomic E-state index is 12.4. The average Bonchev–Trinajstić information content (AvgIpc) is 3.24. The van der Waals surface area contributed by atoms with E-state index in [0.717, 1.165) is 57.8 Å². The fourth-order valence-electron chi connectivity index (χ4n) is 7.54. The van der Waals surface area contributed by atoms with Gasteiger partial charge >= 0.3 is 0 Å². The third-order valence-corrected chi connectivity index (χ3v) is 11.4. The first-order valence-corrected chi connectivity index (χ1v) is 25.7. The molecule has 0 rings (SSSR count). The number of carbonyl (C=O) groups is 1. The van der Waals surface area contributed by atoms with Crippen molar-refractivity contribution < 1.29 is 15.0 Å². The minimum atomic E-state index is -0.862. The van der Waals surface area contributed by atoms with Gasteiger partial charge in [0.1, 0.15) is 0 Å². The van der Waals surface area contributed by atoms with Crippen LogP contribution < -0.4 is 5.32 Å². The van der Waals surface area contributed by atoms with Crippen molar-refractivity contribution in [1.82, 2.24) is 5.32 Å². The van der Waals surface area contributed by atoms with E-state index >= 15 is 0 Å². The number of aliphatic hydroxyl groups excluding tert-OH is 2. The molecule has 0 saturated heterocycles. The largest absolute Gasteiger partial charge is 0.394 e. The van der Waals surface area contributed by atoms with Crippen LogP contribution in [-0.4, -0.2) is 34.9 Å². The Balaban J connectivity index is 3.48. The van der Waals surface area contributed by atoms with Crippen LogP contribution in [-0.2, 0) is 4.79 Å². The second kappa shape index (κ2) is 50.2. The summed E-state index contributed by atoms with van der Waals surface area (Å²) < 4.78 is 0. The van der Waals surface area contributed by atoms with Crippen LogP contribution in [0.25, 0.3) is 0 Å². The van der Waals surface area contributed by atoms with Crippen molar-refractivity contribution in [2.75, 3.05) is 6.61 Å². The molecule has 2 atom stereocenters. The summed E-state index contributed by atoms with van der Waals surface area (Å²) in [7, 11) is 0. The minimum absolute atomic E-state index is 0.0734. The van der Waals surface area contributed by atoms with Gasteiger partial charge in [0.2, 0.25) is 5.91 Å². The molecule has 4 heteroatoms. The van der Waals surface area contributed by atoms with Gasteiger partial charge in [-0.3, -0.25) is 4.79 Å². The first-order valence-electron chi connectivity index (χ1n) is 25.7. The van der Waals surface area contributed by atoms with E-state index in [1.165, 1.54) is 173 Å². The quantitative estimate of drug-likeness (QED) is 0.0423. The number of carbonyl (C=O) groups excluding carboxylic acids is 1. The van der Waals surface area contributed by atoms with Crippen molar-refractivity contribution in [2.45, 2.75) is 264 Å². The van der Waals surface area contributed by atoms with Crippen LogP contribution in [0.4, 0.5) is 0 Å². The van der Waals surface area contributed by atoms with Crippen LogP contribution in [0.3, 0.4) is 0 Å². The van der Waals surface area contributed by atoms with Gasteiger partial charge in [-0.1, -0.05) is 247 Å². The SMILES string of the molecule is CC/C=C\C/C=C\C/C=C\C/C=C\CCCCCCCCCCCCCCCCCCCCCCC(=O)NC(CO)C(O)/C=C/CC/C=C/CCCCCCCCCC. The van der Waals surface area contributed by atoms with Gasteiger partial charge in [0.25, 0.3) is 0 Å². The van der Waals surface area contributed by atoms with Gasteiger partial charge in [0.15, 0.2) is 0 Å². The van der Waals surface area contributed by atoms with E-state index in [2.05, 4.69) is 79.9 Å². The Hall–Kier alpha value is -2.17. The van der Waals surface area contributed by atoms with Crippen LogP contribution >= 0.6 is 0 Å². The van der Waals surface area contributed by atoms with E-state index in [1.54, 1.807) is 6.08 Å². The molecule has 3 N–H and O–H groups in total. The van der Waals surface area contributed by atoms with Crippen molar-refractivity contribution in [2.24, 2.45) is 0 Å². The van der Waals surface area contributed by atoms with Crippen molar-refractivity contribution in [3.63, 3.8) is 0 Å². The second-order valence-electron chi connectivity index (χ2n) is 17.2. The van der Waals surface area contributed by atoms with Gasteiger partial charge in [0.05, 0.1) is 18.8 Å². The van der Waals surface area contributed by atoms with Crippen LogP contribution in [0.15, 0.2) is 72.9 Å². The zero-order valence-corrected chi connectivity index (χ0v) is 39.3. The van der Waals surface area contributed by atoms with E-state index < -0.39 is 12.1 Å². The fraction of sp³-hybridized carbons (Fsp3) is 0.764. The lowest BCUT2D eigenvalue weighted by Crippen LogP contribution is -2.45. The Morgan fingerprint density at radius 3 is 1.19 bits per heavy atom. The Labute approximate surface area is 368 Å². The number of nitrogens with one attached hydrogen (secondary N) is 1. The number of unbranched alkanes of at least 4 members (excludes halogenated alkanes) is 29. The lowest BCUT2D eigenvalue weighted by molar-refractivity contribution is -0.123. The molecule has 0 aliphatic carbocycles. The Kier molecular flexibility index (Phi) is 48.3. The van der Waals surface area contributed by atoms with Crippen LogP contribution in [0, 0.1) is 0 Å². The first kappa shape index (κ1) is 56.8. The summed E-state index contributed by atoms with van der Waals surface area (Å²) in [6.45, 7) is 4.18. The van der Waals surface area contributed by atoms with Crippen LogP contribution in [0.1, 0.15) is 251 Å². The number of allylic oxidation sites excluding steroid dienone is 11. The van der Waals surface area contributed by atoms with Gasteiger partial charge in [-0.2, -0.15) is 0 Å². The highest BCUT2D eigenvalue weighted by Gasteiger charge is 2.17. The number of hydrogen-bond acceptors (Lipinski definition) is 3. The third kappa shape index (κ3) is 46.7. The molecule has 2 unspecified atom stereocenters. The summed E-state index contributed by atoms with van der Waals surface area (Å²) in [5.41, 5.74) is 0. The molecule has 59 heavy (non-hydrogen) atoms. The standard InChI is InChI=1S/C55H99NO3/c1-3-5-7-9-11-13-15-17-19-20-21-22-23-24-25-26-27-28-29-30-31-32-33-34-35-36-37-39-41-43-45-47-49-51-55(59)56-53(52-57)54(58)50-48-46-44-42-40-38-18-16-14-12-10-8-6-4-2/h5,7,11,13,17,19,21-22,40,42,48,50,53-54,57-58H,3-4,6,8-10,12,14-16,18,20,23-39,41,43-47,49,51-52H2,1-2H3,(H,56,59)/b7-5-,13-11-,19-17-,22-21-,42-40+,50-48+. The van der Waals surface area contributed by atoms with Crippen LogP contribution in [0.5, 0.6) is 0 Å². The van der Waals surface area contributed by atoms with Gasteiger partial charge in [0, 0.05) is 6.42 Å². The number of rotatable bonds is 46. The summed E-state index contributed by atoms with van der Waals surface area (Å²) in [5.74, 6) is -0.0734. The molecule has 0 bridgehead atoms. The minimum Gasteiger partial charge on any atom is -0.394 e. The van der Waals surface area contributed by atoms with E-state index in [4.69, 9.17) is 0 Å². The molecule has 1 amide bonds. The van der Waals surface area contributed by atoms with Gasteiger partial charge in [-0.25, -0.2) is 0 Å². The number of aliphatic hydroxyl groups is 2. The maximum Gasteiger partial charge on any atom is 0.220 e. The van der Waals surface area contributed by atoms with E-state index in [9.17, 15) is 15.0 Å². The highest BCUT2D eigenvalue weighted by Crippen LogP contribution is 2.16. The molecule has 0 fully saturated rings. The van der Waals surface area contributed by atoms with Gasteiger partial charge in [-0.15, -0.1) is 0 Å². The lowest BCUT2D eigenvalue weighted by atomic mass is 10.0. The zero-order valence-electron chi connectivity index (χ0n) is 39.3. The highest BCUT2D eigenvalue weighted by atomic mass is 16.3. The summed E-state index contributed by atoms with van der Waals surface area (Å²) in [6.07, 6.45) is 71.9. The molecule has 0 aromatic heterocycles. The molecule has 0 spiro atoms. The molecule has 0 aromatic carbocycles. The normalized spacial score (nSPS) is 13.5. The van der Waals surface area contributed by atoms with E-state index in [-0.39, 0.29) is 12.5 Å². The molecule has 0 aliphatic heterocycles. The monoisotopic (exact) mass is 822 g/mol. The Morgan fingerprint density at radius 1 is 0.424 bits per heavy atom. The highest BCUT2D eigenvalue weighted by molar-refractivity contribution is 5.76. The fourth-order valence-corrected chi connectivity index (χ4v) is 7.54. The Bertz CT molecular complexity index is 1020. The maximum atomic E-state index is 12.4. The van der Waals surface area contributed by atoms with Crippen LogP contribution in [0.2, 0.25) is 0 Å². The molecule has 0 aromatic rings. The van der Waals surface area contributed by atoms with Gasteiger partial charge in [-0.05, 0) is 70.6 Å². The van der Waals surface area contributed by atoms with Crippen molar-refractivity contribution in [3.05, 3.63) is 72.9 Å². The molecule has 0 aliphatic rings. The molecule has 4 nitrogen and oxygen atoms in total.